The first kappa shape index (κ1) is 14.5. The Bertz CT molecular complexity index is 444. The molecule has 1 radical (unpaired) electrons. The molecule has 0 aliphatic heterocycles. The zero-order valence-electron chi connectivity index (χ0n) is 10.6. The van der Waals surface area contributed by atoms with E-state index in [0.717, 1.165) is 0 Å². The summed E-state index contributed by atoms with van der Waals surface area (Å²) < 4.78 is 5.06. The maximum Gasteiger partial charge on any atom is 0.312 e. The largest absolute Gasteiger partial charge is 0.463 e. The summed E-state index contributed by atoms with van der Waals surface area (Å²) >= 11 is 6.04. The van der Waals surface area contributed by atoms with E-state index in [1.165, 1.54) is 7.11 Å². The number of esters is 1. The van der Waals surface area contributed by atoms with Crippen LogP contribution in [0.5, 0.6) is 0 Å². The van der Waals surface area contributed by atoms with Crippen molar-refractivity contribution in [2.24, 2.45) is 5.16 Å². The molecule has 5 heteroatoms. The SMILES string of the molecule is CON=C(CC(=O)OC(C)C)c1c[c]ccc1Cl. The predicted molar refractivity (Wildman–Crippen MR) is 69.7 cm³/mol. The van der Waals surface area contributed by atoms with Crippen LogP contribution in [0.2, 0.25) is 5.02 Å². The second-order valence-electron chi connectivity index (χ2n) is 3.84. The Labute approximate surface area is 112 Å². The summed E-state index contributed by atoms with van der Waals surface area (Å²) in [5, 5.41) is 4.30. The highest BCUT2D eigenvalue weighted by Crippen LogP contribution is 2.17. The molecule has 0 heterocycles. The molecule has 0 fully saturated rings. The third-order valence-corrected chi connectivity index (χ3v) is 2.33. The van der Waals surface area contributed by atoms with E-state index in [1.54, 1.807) is 32.0 Å². The van der Waals surface area contributed by atoms with Crippen molar-refractivity contribution in [3.63, 3.8) is 0 Å². The molecule has 0 N–H and O–H groups in total. The van der Waals surface area contributed by atoms with Gasteiger partial charge in [-0.3, -0.25) is 4.79 Å². The van der Waals surface area contributed by atoms with Gasteiger partial charge in [-0.15, -0.1) is 0 Å². The molecule has 0 bridgehead atoms. The highest BCUT2D eigenvalue weighted by Gasteiger charge is 2.15. The number of ether oxygens (including phenoxy) is 1. The molecule has 1 rings (SSSR count). The molecule has 4 nitrogen and oxygen atoms in total. The van der Waals surface area contributed by atoms with Crippen LogP contribution in [-0.2, 0) is 14.4 Å². The number of benzene rings is 1. The summed E-state index contributed by atoms with van der Waals surface area (Å²) in [5.74, 6) is -0.374. The monoisotopic (exact) mass is 268 g/mol. The van der Waals surface area contributed by atoms with Gasteiger partial charge in [0, 0.05) is 10.6 Å². The van der Waals surface area contributed by atoms with E-state index in [-0.39, 0.29) is 18.5 Å². The van der Waals surface area contributed by atoms with Gasteiger partial charge in [-0.2, -0.15) is 0 Å². The van der Waals surface area contributed by atoms with Crippen LogP contribution in [0, 0.1) is 6.07 Å². The smallest absolute Gasteiger partial charge is 0.312 e. The Morgan fingerprint density at radius 1 is 1.56 bits per heavy atom. The van der Waals surface area contributed by atoms with Crippen LogP contribution >= 0.6 is 11.6 Å². The van der Waals surface area contributed by atoms with Gasteiger partial charge < -0.3 is 9.57 Å². The van der Waals surface area contributed by atoms with E-state index in [4.69, 9.17) is 21.2 Å². The van der Waals surface area contributed by atoms with Crippen LogP contribution in [0.4, 0.5) is 0 Å². The summed E-state index contributed by atoms with van der Waals surface area (Å²) in [5.41, 5.74) is 1.03. The van der Waals surface area contributed by atoms with Crippen LogP contribution < -0.4 is 0 Å². The first-order valence-electron chi connectivity index (χ1n) is 5.50. The molecule has 0 unspecified atom stereocenters. The van der Waals surface area contributed by atoms with E-state index in [0.29, 0.717) is 16.3 Å². The molecule has 97 valence electrons. The van der Waals surface area contributed by atoms with Gasteiger partial charge in [0.1, 0.15) is 7.11 Å². The molecule has 0 spiro atoms. The van der Waals surface area contributed by atoms with Gasteiger partial charge >= 0.3 is 5.97 Å². The lowest BCUT2D eigenvalue weighted by Crippen LogP contribution is -2.16. The minimum Gasteiger partial charge on any atom is -0.463 e. The predicted octanol–water partition coefficient (Wildman–Crippen LogP) is 2.83. The zero-order chi connectivity index (χ0) is 13.5. The van der Waals surface area contributed by atoms with Gasteiger partial charge in [0.15, 0.2) is 0 Å². The average molecular weight is 269 g/mol. The maximum atomic E-state index is 11.6. The Morgan fingerprint density at radius 3 is 2.83 bits per heavy atom. The minimum atomic E-state index is -0.374. The van der Waals surface area contributed by atoms with Crippen LogP contribution in [-0.4, -0.2) is 24.9 Å². The summed E-state index contributed by atoms with van der Waals surface area (Å²) in [4.78, 5) is 16.3. The standard InChI is InChI=1S/C13H15ClNO3/c1-9(2)18-13(16)8-12(15-17-3)10-6-4-5-7-11(10)14/h5-7,9H,8H2,1-3H3. The highest BCUT2D eigenvalue weighted by atomic mass is 35.5. The second-order valence-corrected chi connectivity index (χ2v) is 4.25. The van der Waals surface area contributed by atoms with Gasteiger partial charge in [-0.25, -0.2) is 0 Å². The van der Waals surface area contributed by atoms with E-state index < -0.39 is 0 Å². The topological polar surface area (TPSA) is 47.9 Å². The normalized spacial score (nSPS) is 11.5. The van der Waals surface area contributed by atoms with Gasteiger partial charge in [0.25, 0.3) is 0 Å². The molecule has 0 saturated heterocycles. The van der Waals surface area contributed by atoms with Crippen LogP contribution in [0.1, 0.15) is 25.8 Å². The van der Waals surface area contributed by atoms with E-state index in [9.17, 15) is 4.79 Å². The second kappa shape index (κ2) is 7.01. The van der Waals surface area contributed by atoms with Gasteiger partial charge in [-0.05, 0) is 32.0 Å². The van der Waals surface area contributed by atoms with Crippen molar-refractivity contribution in [2.45, 2.75) is 26.4 Å². The van der Waals surface area contributed by atoms with E-state index >= 15 is 0 Å². The fourth-order valence-corrected chi connectivity index (χ4v) is 1.59. The number of nitrogens with zero attached hydrogens (tertiary/aromatic N) is 1. The van der Waals surface area contributed by atoms with Crippen LogP contribution in [0.3, 0.4) is 0 Å². The number of hydrogen-bond acceptors (Lipinski definition) is 4. The van der Waals surface area contributed by atoms with Crippen molar-refractivity contribution in [1.29, 1.82) is 0 Å². The summed E-state index contributed by atoms with van der Waals surface area (Å²) in [7, 11) is 1.41. The molecule has 0 atom stereocenters. The van der Waals surface area contributed by atoms with Crippen molar-refractivity contribution in [1.82, 2.24) is 0 Å². The number of carbonyl (C=O) groups is 1. The van der Waals surface area contributed by atoms with Crippen molar-refractivity contribution < 1.29 is 14.4 Å². The molecule has 0 amide bonds. The molecule has 1 aromatic carbocycles. The number of hydrogen-bond donors (Lipinski definition) is 0. The molecule has 0 aliphatic carbocycles. The first-order valence-corrected chi connectivity index (χ1v) is 5.88. The number of carbonyl (C=O) groups excluding carboxylic acids is 1. The Morgan fingerprint density at radius 2 is 2.28 bits per heavy atom. The lowest BCUT2D eigenvalue weighted by atomic mass is 10.1. The third-order valence-electron chi connectivity index (χ3n) is 2.00. The highest BCUT2D eigenvalue weighted by molar-refractivity contribution is 6.34. The Hall–Kier alpha value is -1.55. The lowest BCUT2D eigenvalue weighted by molar-refractivity contribution is -0.145. The van der Waals surface area contributed by atoms with Crippen molar-refractivity contribution >= 4 is 23.3 Å². The molecule has 0 aliphatic rings. The van der Waals surface area contributed by atoms with E-state index in [1.807, 2.05) is 0 Å². The molecular weight excluding hydrogens is 254 g/mol. The zero-order valence-corrected chi connectivity index (χ0v) is 11.3. The van der Waals surface area contributed by atoms with Gasteiger partial charge in [0.2, 0.25) is 0 Å². The number of oxime groups is 1. The third kappa shape index (κ3) is 4.37. The lowest BCUT2D eigenvalue weighted by Gasteiger charge is -2.10. The summed E-state index contributed by atoms with van der Waals surface area (Å²) in [6, 6.07) is 7.90. The maximum absolute atomic E-state index is 11.6. The fraction of sp³-hybridized carbons (Fsp3) is 0.385. The van der Waals surface area contributed by atoms with Gasteiger partial charge in [-0.1, -0.05) is 22.8 Å². The van der Waals surface area contributed by atoms with Crippen molar-refractivity contribution in [3.05, 3.63) is 34.9 Å². The number of halogens is 1. The van der Waals surface area contributed by atoms with Crippen LogP contribution in [0.25, 0.3) is 0 Å². The average Bonchev–Trinajstić information content (AvgIpc) is 2.28. The number of rotatable bonds is 5. The summed E-state index contributed by atoms with van der Waals surface area (Å²) in [6.45, 7) is 3.57. The Balaban J connectivity index is 2.88. The molecule has 0 saturated carbocycles. The quantitative estimate of drug-likeness (QED) is 0.469. The first-order chi connectivity index (χ1) is 8.54. The summed E-state index contributed by atoms with van der Waals surface area (Å²) in [6.07, 6.45) is -0.164. The molecule has 0 aromatic heterocycles. The fourth-order valence-electron chi connectivity index (χ4n) is 1.36. The minimum absolute atomic E-state index is 0.00356. The van der Waals surface area contributed by atoms with Crippen LogP contribution in [0.15, 0.2) is 23.4 Å². The molecule has 1 aromatic rings. The van der Waals surface area contributed by atoms with Crippen molar-refractivity contribution in [3.8, 4) is 0 Å². The van der Waals surface area contributed by atoms with Gasteiger partial charge in [0.05, 0.1) is 18.2 Å². The molecular formula is C13H15ClNO3. The van der Waals surface area contributed by atoms with E-state index in [2.05, 4.69) is 11.2 Å². The van der Waals surface area contributed by atoms with Crippen molar-refractivity contribution in [2.75, 3.05) is 7.11 Å². The Kier molecular flexibility index (Phi) is 5.65. The molecule has 18 heavy (non-hydrogen) atoms.